The maximum atomic E-state index is 12.3. The topological polar surface area (TPSA) is 84.2 Å². The molecule has 1 aliphatic carbocycles. The minimum absolute atomic E-state index is 0.147. The third-order valence-electron chi connectivity index (χ3n) is 4.00. The highest BCUT2D eigenvalue weighted by atomic mass is 16.2. The van der Waals surface area contributed by atoms with Gasteiger partial charge in [0.25, 0.3) is 5.91 Å². The lowest BCUT2D eigenvalue weighted by Gasteiger charge is -2.24. The fraction of sp³-hybridized carbons (Fsp3) is 0.500. The van der Waals surface area contributed by atoms with Crippen molar-refractivity contribution < 1.29 is 9.59 Å². The van der Waals surface area contributed by atoms with Crippen molar-refractivity contribution in [3.8, 4) is 0 Å². The van der Waals surface area contributed by atoms with Crippen LogP contribution in [0.2, 0.25) is 0 Å². The van der Waals surface area contributed by atoms with Crippen LogP contribution in [0.4, 0.5) is 5.69 Å². The van der Waals surface area contributed by atoms with Crippen molar-refractivity contribution in [2.75, 3.05) is 11.9 Å². The molecule has 5 nitrogen and oxygen atoms in total. The van der Waals surface area contributed by atoms with Gasteiger partial charge in [-0.15, -0.1) is 0 Å². The van der Waals surface area contributed by atoms with E-state index >= 15 is 0 Å². The molecule has 21 heavy (non-hydrogen) atoms. The Morgan fingerprint density at radius 3 is 2.62 bits per heavy atom. The van der Waals surface area contributed by atoms with E-state index in [9.17, 15) is 9.59 Å². The zero-order chi connectivity index (χ0) is 15.6. The molecule has 1 fully saturated rings. The maximum Gasteiger partial charge on any atom is 0.251 e. The fourth-order valence-electron chi connectivity index (χ4n) is 2.29. The smallest absolute Gasteiger partial charge is 0.251 e. The van der Waals surface area contributed by atoms with Crippen LogP contribution in [0.15, 0.2) is 18.2 Å². The Balaban J connectivity index is 2.17. The van der Waals surface area contributed by atoms with Gasteiger partial charge in [-0.3, -0.25) is 9.59 Å². The summed E-state index contributed by atoms with van der Waals surface area (Å²) in [5, 5.41) is 5.61. The highest BCUT2D eigenvalue weighted by Gasteiger charge is 2.44. The van der Waals surface area contributed by atoms with E-state index in [-0.39, 0.29) is 17.7 Å². The second-order valence-corrected chi connectivity index (χ2v) is 5.90. The fourth-order valence-corrected chi connectivity index (χ4v) is 2.29. The Morgan fingerprint density at radius 2 is 2.05 bits per heavy atom. The lowest BCUT2D eigenvalue weighted by Crippen LogP contribution is -2.50. The first-order valence-electron chi connectivity index (χ1n) is 7.35. The number of anilines is 1. The molecule has 0 aromatic heterocycles. The van der Waals surface area contributed by atoms with Crippen molar-refractivity contribution in [3.63, 3.8) is 0 Å². The first-order valence-corrected chi connectivity index (χ1v) is 7.35. The summed E-state index contributed by atoms with van der Waals surface area (Å²) >= 11 is 0. The molecule has 0 bridgehead atoms. The highest BCUT2D eigenvalue weighted by Crippen LogP contribution is 2.38. The molecule has 0 spiro atoms. The third-order valence-corrected chi connectivity index (χ3v) is 4.00. The van der Waals surface area contributed by atoms with Gasteiger partial charge >= 0.3 is 0 Å². The molecule has 1 unspecified atom stereocenters. The summed E-state index contributed by atoms with van der Waals surface area (Å²) in [6, 6.07) is 5.27. The molecule has 2 amide bonds. The van der Waals surface area contributed by atoms with Gasteiger partial charge in [-0.1, -0.05) is 6.07 Å². The monoisotopic (exact) mass is 289 g/mol. The van der Waals surface area contributed by atoms with E-state index in [0.717, 1.165) is 18.4 Å². The number of benzene rings is 1. The molecule has 1 saturated carbocycles. The summed E-state index contributed by atoms with van der Waals surface area (Å²) < 4.78 is 0. The molecular weight excluding hydrogens is 266 g/mol. The Kier molecular flexibility index (Phi) is 4.32. The van der Waals surface area contributed by atoms with E-state index in [1.807, 2.05) is 19.9 Å². The van der Waals surface area contributed by atoms with E-state index in [0.29, 0.717) is 17.8 Å². The molecule has 0 saturated heterocycles. The number of hydrogen-bond donors (Lipinski definition) is 3. The average Bonchev–Trinajstić information content (AvgIpc) is 3.26. The van der Waals surface area contributed by atoms with Crippen LogP contribution in [-0.4, -0.2) is 23.9 Å². The van der Waals surface area contributed by atoms with Crippen molar-refractivity contribution in [2.45, 2.75) is 39.2 Å². The summed E-state index contributed by atoms with van der Waals surface area (Å²) in [5.41, 5.74) is 7.34. The first-order chi connectivity index (χ1) is 9.86. The molecule has 1 atom stereocenters. The first kappa shape index (κ1) is 15.5. The minimum Gasteiger partial charge on any atom is -0.352 e. The van der Waals surface area contributed by atoms with Gasteiger partial charge in [-0.25, -0.2) is 0 Å². The van der Waals surface area contributed by atoms with Crippen LogP contribution < -0.4 is 16.4 Å². The quantitative estimate of drug-likeness (QED) is 0.773. The third kappa shape index (κ3) is 3.42. The number of amides is 2. The molecule has 2 rings (SSSR count). The zero-order valence-corrected chi connectivity index (χ0v) is 12.8. The average molecular weight is 289 g/mol. The Hall–Kier alpha value is -1.88. The largest absolute Gasteiger partial charge is 0.352 e. The summed E-state index contributed by atoms with van der Waals surface area (Å²) in [6.07, 6.45) is 2.00. The highest BCUT2D eigenvalue weighted by molar-refractivity contribution is 6.01. The van der Waals surface area contributed by atoms with Crippen LogP contribution in [0.1, 0.15) is 42.6 Å². The number of aryl methyl sites for hydroxylation is 1. The second-order valence-electron chi connectivity index (χ2n) is 5.90. The SMILES string of the molecule is CCNC(=O)c1ccc(C)c(NC(=O)C(C)(N)C2CC2)c1. The number of carbonyl (C=O) groups excluding carboxylic acids is 2. The number of hydrogen-bond acceptors (Lipinski definition) is 3. The summed E-state index contributed by atoms with van der Waals surface area (Å²) in [6.45, 7) is 6.09. The lowest BCUT2D eigenvalue weighted by molar-refractivity contribution is -0.121. The van der Waals surface area contributed by atoms with Crippen LogP contribution in [0.25, 0.3) is 0 Å². The van der Waals surface area contributed by atoms with Crippen LogP contribution >= 0.6 is 0 Å². The van der Waals surface area contributed by atoms with Crippen molar-refractivity contribution in [1.29, 1.82) is 0 Å². The molecule has 0 radical (unpaired) electrons. The molecule has 0 heterocycles. The van der Waals surface area contributed by atoms with E-state index < -0.39 is 5.54 Å². The standard InChI is InChI=1S/C16H23N3O2/c1-4-18-14(20)11-6-5-10(2)13(9-11)19-15(21)16(3,17)12-7-8-12/h5-6,9,12H,4,7-8,17H2,1-3H3,(H,18,20)(H,19,21). The van der Waals surface area contributed by atoms with Crippen LogP contribution in [0.3, 0.4) is 0 Å². The normalized spacial score (nSPS) is 17.0. The number of rotatable bonds is 5. The van der Waals surface area contributed by atoms with Crippen molar-refractivity contribution in [2.24, 2.45) is 11.7 Å². The minimum atomic E-state index is -0.853. The van der Waals surface area contributed by atoms with Crippen molar-refractivity contribution in [1.82, 2.24) is 5.32 Å². The van der Waals surface area contributed by atoms with Crippen molar-refractivity contribution >= 4 is 17.5 Å². The van der Waals surface area contributed by atoms with Gasteiger partial charge in [0.15, 0.2) is 0 Å². The van der Waals surface area contributed by atoms with Crippen molar-refractivity contribution in [3.05, 3.63) is 29.3 Å². The van der Waals surface area contributed by atoms with Gasteiger partial charge in [-0.2, -0.15) is 0 Å². The molecular formula is C16H23N3O2. The van der Waals surface area contributed by atoms with E-state index in [1.165, 1.54) is 0 Å². The number of nitrogens with one attached hydrogen (secondary N) is 2. The summed E-state index contributed by atoms with van der Waals surface area (Å²) in [5.74, 6) is -0.0868. The molecule has 1 aromatic rings. The number of nitrogens with two attached hydrogens (primary N) is 1. The zero-order valence-electron chi connectivity index (χ0n) is 12.8. The predicted molar refractivity (Wildman–Crippen MR) is 83.1 cm³/mol. The predicted octanol–water partition coefficient (Wildman–Crippen LogP) is 1.81. The van der Waals surface area contributed by atoms with Gasteiger partial charge in [0.2, 0.25) is 5.91 Å². The van der Waals surface area contributed by atoms with Gasteiger partial charge in [-0.05, 0) is 57.2 Å². The Morgan fingerprint density at radius 1 is 1.38 bits per heavy atom. The second kappa shape index (κ2) is 5.85. The van der Waals surface area contributed by atoms with Crippen LogP contribution in [0, 0.1) is 12.8 Å². The van der Waals surface area contributed by atoms with Gasteiger partial charge in [0.1, 0.15) is 0 Å². The summed E-state index contributed by atoms with van der Waals surface area (Å²) in [7, 11) is 0. The van der Waals surface area contributed by atoms with Crippen LogP contribution in [0.5, 0.6) is 0 Å². The van der Waals surface area contributed by atoms with E-state index in [1.54, 1.807) is 19.1 Å². The summed E-state index contributed by atoms with van der Waals surface area (Å²) in [4.78, 5) is 24.2. The molecule has 4 N–H and O–H groups in total. The molecule has 1 aromatic carbocycles. The van der Waals surface area contributed by atoms with Gasteiger partial charge in [0.05, 0.1) is 5.54 Å². The lowest BCUT2D eigenvalue weighted by atomic mass is 9.96. The van der Waals surface area contributed by atoms with Gasteiger partial charge in [0, 0.05) is 17.8 Å². The van der Waals surface area contributed by atoms with Crippen LogP contribution in [-0.2, 0) is 4.79 Å². The molecule has 114 valence electrons. The number of carbonyl (C=O) groups is 2. The van der Waals surface area contributed by atoms with Gasteiger partial charge < -0.3 is 16.4 Å². The Labute approximate surface area is 125 Å². The molecule has 5 heteroatoms. The molecule has 0 aliphatic heterocycles. The maximum absolute atomic E-state index is 12.3. The molecule has 1 aliphatic rings. The van der Waals surface area contributed by atoms with E-state index in [2.05, 4.69) is 10.6 Å². The van der Waals surface area contributed by atoms with E-state index in [4.69, 9.17) is 5.73 Å². The Bertz CT molecular complexity index is 563.